The predicted molar refractivity (Wildman–Crippen MR) is 105 cm³/mol. The number of aliphatic hydroxyl groups is 1. The van der Waals surface area contributed by atoms with Crippen molar-refractivity contribution in [2.24, 2.45) is 0 Å². The van der Waals surface area contributed by atoms with Crippen LogP contribution in [0.15, 0.2) is 53.7 Å². The molecule has 1 atom stereocenters. The SMILES string of the molecule is O[C@H](COc1ccccc1F)CSc1nc(NC2CC2)c2ccccc2n1. The molecule has 0 saturated heterocycles. The first kappa shape index (κ1) is 18.0. The van der Waals surface area contributed by atoms with Gasteiger partial charge in [0.2, 0.25) is 0 Å². The van der Waals surface area contributed by atoms with Crippen molar-refractivity contribution in [3.8, 4) is 5.75 Å². The number of para-hydroxylation sites is 2. The van der Waals surface area contributed by atoms with Gasteiger partial charge in [0, 0.05) is 17.2 Å². The van der Waals surface area contributed by atoms with Gasteiger partial charge in [0.25, 0.3) is 0 Å². The second-order valence-electron chi connectivity index (χ2n) is 6.50. The largest absolute Gasteiger partial charge is 0.488 e. The molecule has 27 heavy (non-hydrogen) atoms. The van der Waals surface area contributed by atoms with E-state index >= 15 is 0 Å². The Kier molecular flexibility index (Phi) is 5.40. The number of nitrogens with zero attached hydrogens (tertiary/aromatic N) is 2. The van der Waals surface area contributed by atoms with Gasteiger partial charge in [-0.3, -0.25) is 0 Å². The fourth-order valence-corrected chi connectivity index (χ4v) is 3.37. The predicted octanol–water partition coefficient (Wildman–Crippen LogP) is 3.88. The third kappa shape index (κ3) is 4.67. The molecule has 1 fully saturated rings. The minimum atomic E-state index is -0.760. The average Bonchev–Trinajstić information content (AvgIpc) is 3.50. The summed E-state index contributed by atoms with van der Waals surface area (Å²) in [6, 6.07) is 14.5. The van der Waals surface area contributed by atoms with Gasteiger partial charge in [-0.2, -0.15) is 0 Å². The van der Waals surface area contributed by atoms with E-state index in [9.17, 15) is 9.50 Å². The number of hydrogen-bond acceptors (Lipinski definition) is 6. The van der Waals surface area contributed by atoms with Crippen LogP contribution >= 0.6 is 11.8 Å². The van der Waals surface area contributed by atoms with Crippen LogP contribution in [0, 0.1) is 5.82 Å². The van der Waals surface area contributed by atoms with Crippen molar-refractivity contribution < 1.29 is 14.2 Å². The fourth-order valence-electron chi connectivity index (χ4n) is 2.62. The van der Waals surface area contributed by atoms with Crippen molar-refractivity contribution in [3.63, 3.8) is 0 Å². The molecule has 1 aliphatic rings. The highest BCUT2D eigenvalue weighted by atomic mass is 32.2. The summed E-state index contributed by atoms with van der Waals surface area (Å²) in [6.07, 6.45) is 1.56. The van der Waals surface area contributed by atoms with Gasteiger partial charge < -0.3 is 15.2 Å². The first-order valence-corrected chi connectivity index (χ1v) is 9.89. The fraction of sp³-hybridized carbons (Fsp3) is 0.300. The van der Waals surface area contributed by atoms with Gasteiger partial charge in [-0.25, -0.2) is 14.4 Å². The zero-order valence-corrected chi connectivity index (χ0v) is 15.5. The minimum absolute atomic E-state index is 0.00863. The van der Waals surface area contributed by atoms with E-state index in [1.165, 1.54) is 23.9 Å². The molecule has 1 heterocycles. The number of hydrogen-bond donors (Lipinski definition) is 2. The lowest BCUT2D eigenvalue weighted by molar-refractivity contribution is 0.123. The van der Waals surface area contributed by atoms with Crippen LogP contribution in [-0.2, 0) is 0 Å². The number of ether oxygens (including phenoxy) is 1. The van der Waals surface area contributed by atoms with E-state index in [4.69, 9.17) is 4.74 Å². The van der Waals surface area contributed by atoms with Crippen LogP contribution in [0.5, 0.6) is 5.75 Å². The van der Waals surface area contributed by atoms with Crippen LogP contribution in [-0.4, -0.2) is 39.6 Å². The summed E-state index contributed by atoms with van der Waals surface area (Å²) in [5, 5.41) is 15.2. The van der Waals surface area contributed by atoms with E-state index < -0.39 is 11.9 Å². The molecule has 0 amide bonds. The summed E-state index contributed by atoms with van der Waals surface area (Å²) in [5.74, 6) is 0.892. The van der Waals surface area contributed by atoms with Crippen molar-refractivity contribution in [2.45, 2.75) is 30.1 Å². The molecule has 2 aromatic carbocycles. The van der Waals surface area contributed by atoms with Crippen LogP contribution < -0.4 is 10.1 Å². The Balaban J connectivity index is 1.40. The molecule has 0 radical (unpaired) electrons. The summed E-state index contributed by atoms with van der Waals surface area (Å²) < 4.78 is 18.9. The van der Waals surface area contributed by atoms with Crippen LogP contribution in [0.3, 0.4) is 0 Å². The van der Waals surface area contributed by atoms with E-state index in [0.29, 0.717) is 17.0 Å². The van der Waals surface area contributed by atoms with E-state index in [1.807, 2.05) is 24.3 Å². The smallest absolute Gasteiger partial charge is 0.190 e. The van der Waals surface area contributed by atoms with E-state index in [1.54, 1.807) is 12.1 Å². The summed E-state index contributed by atoms with van der Waals surface area (Å²) >= 11 is 1.36. The second kappa shape index (κ2) is 8.10. The van der Waals surface area contributed by atoms with Gasteiger partial charge in [0.1, 0.15) is 12.4 Å². The van der Waals surface area contributed by atoms with Gasteiger partial charge in [-0.05, 0) is 37.1 Å². The van der Waals surface area contributed by atoms with Crippen LogP contribution in [0.1, 0.15) is 12.8 Å². The lowest BCUT2D eigenvalue weighted by Crippen LogP contribution is -2.20. The van der Waals surface area contributed by atoms with Crippen molar-refractivity contribution in [1.29, 1.82) is 0 Å². The Bertz CT molecular complexity index is 936. The number of benzene rings is 2. The quantitative estimate of drug-likeness (QED) is 0.453. The highest BCUT2D eigenvalue weighted by molar-refractivity contribution is 7.99. The number of anilines is 1. The number of aliphatic hydroxyl groups excluding tert-OH is 1. The maximum Gasteiger partial charge on any atom is 0.190 e. The van der Waals surface area contributed by atoms with E-state index in [0.717, 1.165) is 29.6 Å². The van der Waals surface area contributed by atoms with Gasteiger partial charge in [-0.15, -0.1) is 0 Å². The Morgan fingerprint density at radius 3 is 2.74 bits per heavy atom. The lowest BCUT2D eigenvalue weighted by atomic mass is 10.2. The standard InChI is InChI=1S/C20H20FN3O2S/c21-16-6-2-4-8-18(16)26-11-14(25)12-27-20-23-17-7-3-1-5-15(17)19(24-20)22-13-9-10-13/h1-8,13-14,25H,9-12H2,(H,22,23,24)/t14-/m1/s1. The van der Waals surface area contributed by atoms with Crippen molar-refractivity contribution in [2.75, 3.05) is 17.7 Å². The molecule has 0 unspecified atom stereocenters. The molecule has 5 nitrogen and oxygen atoms in total. The maximum atomic E-state index is 13.6. The average molecular weight is 385 g/mol. The van der Waals surface area contributed by atoms with Crippen LogP contribution in [0.4, 0.5) is 10.2 Å². The van der Waals surface area contributed by atoms with Gasteiger partial charge >= 0.3 is 0 Å². The number of nitrogens with one attached hydrogen (secondary N) is 1. The Morgan fingerprint density at radius 2 is 1.93 bits per heavy atom. The summed E-state index contributed by atoms with van der Waals surface area (Å²) in [6.45, 7) is 0.00863. The molecule has 3 aromatic rings. The molecule has 1 aromatic heterocycles. The third-order valence-electron chi connectivity index (χ3n) is 4.17. The minimum Gasteiger partial charge on any atom is -0.488 e. The highest BCUT2D eigenvalue weighted by Gasteiger charge is 2.23. The first-order chi connectivity index (χ1) is 13.2. The molecule has 140 valence electrons. The zero-order valence-electron chi connectivity index (χ0n) is 14.6. The molecule has 0 aliphatic heterocycles. The molecule has 4 rings (SSSR count). The lowest BCUT2D eigenvalue weighted by Gasteiger charge is -2.13. The van der Waals surface area contributed by atoms with Crippen LogP contribution in [0.2, 0.25) is 0 Å². The van der Waals surface area contributed by atoms with Crippen molar-refractivity contribution in [3.05, 3.63) is 54.3 Å². The number of halogens is 1. The Hall–Kier alpha value is -2.38. The topological polar surface area (TPSA) is 67.3 Å². The monoisotopic (exact) mass is 385 g/mol. The molecule has 1 saturated carbocycles. The van der Waals surface area contributed by atoms with Crippen molar-refractivity contribution >= 4 is 28.5 Å². The molecule has 1 aliphatic carbocycles. The third-order valence-corrected chi connectivity index (χ3v) is 5.17. The molecular formula is C20H20FN3O2S. The van der Waals surface area contributed by atoms with Gasteiger partial charge in [0.05, 0.1) is 11.6 Å². The summed E-state index contributed by atoms with van der Waals surface area (Å²) in [4.78, 5) is 9.18. The van der Waals surface area contributed by atoms with Gasteiger partial charge in [0.15, 0.2) is 16.7 Å². The Morgan fingerprint density at radius 1 is 1.15 bits per heavy atom. The van der Waals surface area contributed by atoms with Crippen LogP contribution in [0.25, 0.3) is 10.9 Å². The maximum absolute atomic E-state index is 13.6. The summed E-state index contributed by atoms with van der Waals surface area (Å²) in [7, 11) is 0. The number of rotatable bonds is 8. The molecule has 2 N–H and O–H groups in total. The second-order valence-corrected chi connectivity index (χ2v) is 7.48. The normalized spacial score (nSPS) is 14.9. The molecule has 0 bridgehead atoms. The summed E-state index contributed by atoms with van der Waals surface area (Å²) in [5.41, 5.74) is 0.871. The van der Waals surface area contributed by atoms with Gasteiger partial charge in [-0.1, -0.05) is 36.0 Å². The Labute approximate surface area is 161 Å². The molecule has 0 spiro atoms. The van der Waals surface area contributed by atoms with Crippen molar-refractivity contribution in [1.82, 2.24) is 9.97 Å². The first-order valence-electron chi connectivity index (χ1n) is 8.90. The number of thioether (sulfide) groups is 1. The molecule has 7 heteroatoms. The zero-order chi connectivity index (χ0) is 18.6. The number of fused-ring (bicyclic) bond motifs is 1. The van der Waals surface area contributed by atoms with E-state index in [2.05, 4.69) is 15.3 Å². The molecular weight excluding hydrogens is 365 g/mol. The number of aromatic nitrogens is 2. The highest BCUT2D eigenvalue weighted by Crippen LogP contribution is 2.30. The van der Waals surface area contributed by atoms with E-state index in [-0.39, 0.29) is 12.4 Å².